The molecule has 1 aliphatic rings. The van der Waals surface area contributed by atoms with Gasteiger partial charge in [0.15, 0.2) is 5.65 Å². The molecule has 1 N–H and O–H groups in total. The molecule has 0 unspecified atom stereocenters. The van der Waals surface area contributed by atoms with E-state index in [0.717, 1.165) is 24.3 Å². The standard InChI is InChI=1S/C11H14N4/c1-12-10-6-7-11-13-8-4-2-3-5-9(8)15(11)14-10/h6-7H,2-5H2,1H3,(H,12,14). The van der Waals surface area contributed by atoms with Gasteiger partial charge in [-0.15, -0.1) is 5.10 Å². The van der Waals surface area contributed by atoms with Crippen LogP contribution in [0, 0.1) is 0 Å². The Morgan fingerprint density at radius 1 is 1.27 bits per heavy atom. The first-order valence-corrected chi connectivity index (χ1v) is 5.44. The van der Waals surface area contributed by atoms with Gasteiger partial charge in [-0.25, -0.2) is 9.50 Å². The maximum absolute atomic E-state index is 4.60. The normalized spacial score (nSPS) is 15.3. The molecule has 0 radical (unpaired) electrons. The molecule has 0 aromatic carbocycles. The SMILES string of the molecule is CNc1ccc2nc3c(n2n1)CCCC3. The Balaban J connectivity index is 2.24. The fourth-order valence-corrected chi connectivity index (χ4v) is 2.19. The lowest BCUT2D eigenvalue weighted by Gasteiger charge is -2.09. The third-order valence-corrected chi connectivity index (χ3v) is 2.99. The molecule has 3 rings (SSSR count). The number of aryl methyl sites for hydroxylation is 2. The monoisotopic (exact) mass is 202 g/mol. The maximum atomic E-state index is 4.60. The Kier molecular flexibility index (Phi) is 1.87. The van der Waals surface area contributed by atoms with Gasteiger partial charge >= 0.3 is 0 Å². The summed E-state index contributed by atoms with van der Waals surface area (Å²) in [4.78, 5) is 4.60. The van der Waals surface area contributed by atoms with Gasteiger partial charge in [-0.1, -0.05) is 0 Å². The van der Waals surface area contributed by atoms with Gasteiger partial charge in [0.25, 0.3) is 0 Å². The Morgan fingerprint density at radius 3 is 3.00 bits per heavy atom. The lowest BCUT2D eigenvalue weighted by Crippen LogP contribution is -2.06. The summed E-state index contributed by atoms with van der Waals surface area (Å²) < 4.78 is 1.99. The summed E-state index contributed by atoms with van der Waals surface area (Å²) in [5.74, 6) is 0.897. The lowest BCUT2D eigenvalue weighted by molar-refractivity contribution is 0.648. The molecule has 0 aliphatic heterocycles. The fraction of sp³-hybridized carbons (Fsp3) is 0.455. The summed E-state index contributed by atoms with van der Waals surface area (Å²) in [7, 11) is 1.89. The molecular weight excluding hydrogens is 188 g/mol. The maximum Gasteiger partial charge on any atom is 0.154 e. The highest BCUT2D eigenvalue weighted by Gasteiger charge is 2.16. The van der Waals surface area contributed by atoms with E-state index in [9.17, 15) is 0 Å². The van der Waals surface area contributed by atoms with Crippen LogP contribution in [0.25, 0.3) is 5.65 Å². The minimum absolute atomic E-state index is 0.897. The number of nitrogens with zero attached hydrogens (tertiary/aromatic N) is 3. The van der Waals surface area contributed by atoms with Crippen LogP contribution in [0.15, 0.2) is 12.1 Å². The van der Waals surface area contributed by atoms with E-state index in [-0.39, 0.29) is 0 Å². The van der Waals surface area contributed by atoms with Crippen molar-refractivity contribution in [2.24, 2.45) is 0 Å². The van der Waals surface area contributed by atoms with Crippen LogP contribution < -0.4 is 5.32 Å². The average Bonchev–Trinajstić information content (AvgIpc) is 2.66. The van der Waals surface area contributed by atoms with Crippen molar-refractivity contribution >= 4 is 11.5 Å². The van der Waals surface area contributed by atoms with Crippen LogP contribution >= 0.6 is 0 Å². The molecule has 2 aromatic rings. The van der Waals surface area contributed by atoms with E-state index < -0.39 is 0 Å². The molecular formula is C11H14N4. The summed E-state index contributed by atoms with van der Waals surface area (Å²) in [6.45, 7) is 0. The van der Waals surface area contributed by atoms with Gasteiger partial charge in [0.2, 0.25) is 0 Å². The van der Waals surface area contributed by atoms with Gasteiger partial charge in [0.05, 0.1) is 11.4 Å². The quantitative estimate of drug-likeness (QED) is 0.764. The van der Waals surface area contributed by atoms with E-state index in [2.05, 4.69) is 15.4 Å². The number of imidazole rings is 1. The van der Waals surface area contributed by atoms with Gasteiger partial charge in [-0.2, -0.15) is 0 Å². The van der Waals surface area contributed by atoms with E-state index in [1.54, 1.807) is 0 Å². The van der Waals surface area contributed by atoms with Gasteiger partial charge in [0, 0.05) is 7.05 Å². The first kappa shape index (κ1) is 8.71. The first-order valence-electron chi connectivity index (χ1n) is 5.44. The molecule has 78 valence electrons. The van der Waals surface area contributed by atoms with Gasteiger partial charge in [0.1, 0.15) is 5.82 Å². The van der Waals surface area contributed by atoms with Crippen LogP contribution in [0.1, 0.15) is 24.2 Å². The summed E-state index contributed by atoms with van der Waals surface area (Å²) in [5, 5.41) is 7.57. The van der Waals surface area contributed by atoms with Crippen molar-refractivity contribution in [1.82, 2.24) is 14.6 Å². The summed E-state index contributed by atoms with van der Waals surface area (Å²) >= 11 is 0. The van der Waals surface area contributed by atoms with Gasteiger partial charge in [-0.3, -0.25) is 0 Å². The van der Waals surface area contributed by atoms with Crippen LogP contribution in [-0.4, -0.2) is 21.6 Å². The zero-order valence-electron chi connectivity index (χ0n) is 8.82. The second-order valence-electron chi connectivity index (χ2n) is 3.95. The van der Waals surface area contributed by atoms with Crippen LogP contribution in [-0.2, 0) is 12.8 Å². The molecule has 0 saturated carbocycles. The number of aromatic nitrogens is 3. The van der Waals surface area contributed by atoms with Crippen molar-refractivity contribution in [3.05, 3.63) is 23.5 Å². The molecule has 0 bridgehead atoms. The van der Waals surface area contributed by atoms with E-state index in [4.69, 9.17) is 0 Å². The molecule has 1 aliphatic carbocycles. The molecule has 0 saturated heterocycles. The van der Waals surface area contributed by atoms with Crippen LogP contribution in [0.3, 0.4) is 0 Å². The van der Waals surface area contributed by atoms with E-state index >= 15 is 0 Å². The van der Waals surface area contributed by atoms with Crippen LogP contribution in [0.2, 0.25) is 0 Å². The van der Waals surface area contributed by atoms with E-state index in [0.29, 0.717) is 0 Å². The number of hydrogen-bond acceptors (Lipinski definition) is 3. The second-order valence-corrected chi connectivity index (χ2v) is 3.95. The molecule has 0 amide bonds. The first-order chi connectivity index (χ1) is 7.38. The predicted octanol–water partition coefficient (Wildman–Crippen LogP) is 1.65. The summed E-state index contributed by atoms with van der Waals surface area (Å²) in [6, 6.07) is 3.99. The minimum Gasteiger partial charge on any atom is -0.372 e. The van der Waals surface area contributed by atoms with E-state index in [1.807, 2.05) is 23.7 Å². The van der Waals surface area contributed by atoms with Crippen LogP contribution in [0.5, 0.6) is 0 Å². The molecule has 4 nitrogen and oxygen atoms in total. The Labute approximate surface area is 88.3 Å². The lowest BCUT2D eigenvalue weighted by atomic mass is 10.0. The molecule has 2 aromatic heterocycles. The highest BCUT2D eigenvalue weighted by Crippen LogP contribution is 2.21. The fourth-order valence-electron chi connectivity index (χ4n) is 2.19. The number of hydrogen-bond donors (Lipinski definition) is 1. The number of fused-ring (bicyclic) bond motifs is 3. The molecule has 2 heterocycles. The van der Waals surface area contributed by atoms with Crippen molar-refractivity contribution in [2.75, 3.05) is 12.4 Å². The third-order valence-electron chi connectivity index (χ3n) is 2.99. The van der Waals surface area contributed by atoms with Crippen molar-refractivity contribution in [3.8, 4) is 0 Å². The minimum atomic E-state index is 0.897. The summed E-state index contributed by atoms with van der Waals surface area (Å²) in [6.07, 6.45) is 4.73. The van der Waals surface area contributed by atoms with Crippen molar-refractivity contribution in [1.29, 1.82) is 0 Å². The molecule has 0 atom stereocenters. The molecule has 15 heavy (non-hydrogen) atoms. The van der Waals surface area contributed by atoms with Crippen molar-refractivity contribution < 1.29 is 0 Å². The predicted molar refractivity (Wildman–Crippen MR) is 59.2 cm³/mol. The summed E-state index contributed by atoms with van der Waals surface area (Å²) in [5.41, 5.74) is 3.51. The number of nitrogens with one attached hydrogen (secondary N) is 1. The zero-order valence-corrected chi connectivity index (χ0v) is 8.82. The third kappa shape index (κ3) is 1.28. The smallest absolute Gasteiger partial charge is 0.154 e. The van der Waals surface area contributed by atoms with Crippen molar-refractivity contribution in [2.45, 2.75) is 25.7 Å². The Hall–Kier alpha value is -1.58. The van der Waals surface area contributed by atoms with Gasteiger partial charge < -0.3 is 5.32 Å². The van der Waals surface area contributed by atoms with Crippen LogP contribution in [0.4, 0.5) is 5.82 Å². The largest absolute Gasteiger partial charge is 0.372 e. The van der Waals surface area contributed by atoms with E-state index in [1.165, 1.54) is 24.2 Å². The molecule has 0 spiro atoms. The highest BCUT2D eigenvalue weighted by atomic mass is 15.3. The molecule has 0 fully saturated rings. The topological polar surface area (TPSA) is 42.2 Å². The highest BCUT2D eigenvalue weighted by molar-refractivity contribution is 5.47. The zero-order chi connectivity index (χ0) is 10.3. The van der Waals surface area contributed by atoms with Gasteiger partial charge in [-0.05, 0) is 37.8 Å². The average molecular weight is 202 g/mol. The second kappa shape index (κ2) is 3.22. The Morgan fingerprint density at radius 2 is 2.13 bits per heavy atom. The van der Waals surface area contributed by atoms with Crippen molar-refractivity contribution in [3.63, 3.8) is 0 Å². The number of anilines is 1. The number of rotatable bonds is 1. The molecule has 4 heteroatoms. The Bertz CT molecular complexity index is 501.